The Morgan fingerprint density at radius 1 is 1.37 bits per heavy atom. The number of benzene rings is 1. The van der Waals surface area contributed by atoms with Crippen LogP contribution in [0.3, 0.4) is 0 Å². The smallest absolute Gasteiger partial charge is 0.280 e. The molecular weight excluding hydrogens is 260 g/mol. The van der Waals surface area contributed by atoms with Gasteiger partial charge in [0.25, 0.3) is 5.91 Å². The first-order valence-corrected chi connectivity index (χ1v) is 6.77. The number of aryl methyl sites for hydroxylation is 2. The van der Waals surface area contributed by atoms with E-state index in [2.05, 4.69) is 10.3 Å². The van der Waals surface area contributed by atoms with Crippen LogP contribution < -0.4 is 10.1 Å². The molecule has 0 unspecified atom stereocenters. The van der Waals surface area contributed by atoms with Crippen molar-refractivity contribution in [3.63, 3.8) is 0 Å². The Labute approximate surface area is 116 Å². The van der Waals surface area contributed by atoms with Crippen molar-refractivity contribution in [3.05, 3.63) is 45.4 Å². The van der Waals surface area contributed by atoms with E-state index in [1.807, 2.05) is 38.1 Å². The monoisotopic (exact) mass is 276 g/mol. The highest BCUT2D eigenvalue weighted by Gasteiger charge is 2.12. The van der Waals surface area contributed by atoms with E-state index >= 15 is 0 Å². The minimum atomic E-state index is -0.146. The van der Waals surface area contributed by atoms with Gasteiger partial charge in [0.1, 0.15) is 5.75 Å². The van der Waals surface area contributed by atoms with Crippen molar-refractivity contribution in [3.8, 4) is 5.75 Å². The Hall–Kier alpha value is -1.88. The van der Waals surface area contributed by atoms with Crippen LogP contribution >= 0.6 is 11.3 Å². The lowest BCUT2D eigenvalue weighted by molar-refractivity contribution is 0.0950. The Balaban J connectivity index is 2.04. The second-order valence-corrected chi connectivity index (χ2v) is 5.36. The Morgan fingerprint density at radius 2 is 2.11 bits per heavy atom. The zero-order chi connectivity index (χ0) is 13.8. The van der Waals surface area contributed by atoms with Crippen LogP contribution in [0.15, 0.2) is 24.3 Å². The molecule has 0 saturated carbocycles. The van der Waals surface area contributed by atoms with Crippen molar-refractivity contribution in [2.24, 2.45) is 0 Å². The third-order valence-electron chi connectivity index (χ3n) is 2.85. The zero-order valence-corrected chi connectivity index (χ0v) is 12.0. The van der Waals surface area contributed by atoms with Gasteiger partial charge in [-0.1, -0.05) is 18.2 Å². The largest absolute Gasteiger partial charge is 0.496 e. The van der Waals surface area contributed by atoms with Crippen molar-refractivity contribution in [1.29, 1.82) is 0 Å². The van der Waals surface area contributed by atoms with Crippen LogP contribution in [-0.4, -0.2) is 18.0 Å². The second kappa shape index (κ2) is 5.84. The normalized spacial score (nSPS) is 10.3. The molecule has 0 aliphatic rings. The summed E-state index contributed by atoms with van der Waals surface area (Å²) < 4.78 is 5.24. The van der Waals surface area contributed by atoms with Crippen LogP contribution in [0.5, 0.6) is 5.75 Å². The molecule has 4 nitrogen and oxygen atoms in total. The molecule has 0 fully saturated rings. The molecule has 1 amide bonds. The van der Waals surface area contributed by atoms with Crippen LogP contribution in [0.4, 0.5) is 0 Å². The van der Waals surface area contributed by atoms with Crippen LogP contribution in [-0.2, 0) is 6.54 Å². The van der Waals surface area contributed by atoms with E-state index in [0.717, 1.165) is 21.9 Å². The summed E-state index contributed by atoms with van der Waals surface area (Å²) in [4.78, 5) is 17.3. The minimum Gasteiger partial charge on any atom is -0.496 e. The Morgan fingerprint density at radius 3 is 2.74 bits per heavy atom. The maximum atomic E-state index is 12.0. The van der Waals surface area contributed by atoms with E-state index in [1.54, 1.807) is 7.11 Å². The summed E-state index contributed by atoms with van der Waals surface area (Å²) in [5.41, 5.74) is 1.86. The van der Waals surface area contributed by atoms with Gasteiger partial charge in [-0.15, -0.1) is 11.3 Å². The molecule has 0 spiro atoms. The van der Waals surface area contributed by atoms with E-state index in [4.69, 9.17) is 4.74 Å². The number of methoxy groups -OCH3 is 1. The molecular formula is C14H16N2O2S. The fourth-order valence-electron chi connectivity index (χ4n) is 1.67. The van der Waals surface area contributed by atoms with E-state index in [9.17, 15) is 4.79 Å². The highest BCUT2D eigenvalue weighted by molar-refractivity contribution is 7.13. The fourth-order valence-corrected chi connectivity index (χ4v) is 2.50. The number of nitrogens with one attached hydrogen (secondary N) is 1. The first-order valence-electron chi connectivity index (χ1n) is 5.96. The standard InChI is InChI=1S/C14H16N2O2S/c1-9-10(2)19-14(16-9)13(17)15-8-11-6-4-5-7-12(11)18-3/h4-7H,8H2,1-3H3,(H,15,17). The number of para-hydroxylation sites is 1. The van der Waals surface area contributed by atoms with E-state index in [-0.39, 0.29) is 5.91 Å². The number of carbonyl (C=O) groups excluding carboxylic acids is 1. The number of rotatable bonds is 4. The highest BCUT2D eigenvalue weighted by Crippen LogP contribution is 2.18. The number of amides is 1. The third kappa shape index (κ3) is 3.12. The molecule has 100 valence electrons. The quantitative estimate of drug-likeness (QED) is 0.934. The lowest BCUT2D eigenvalue weighted by Crippen LogP contribution is -2.22. The zero-order valence-electron chi connectivity index (χ0n) is 11.2. The van der Waals surface area contributed by atoms with Gasteiger partial charge in [0.05, 0.1) is 12.8 Å². The molecule has 1 aromatic carbocycles. The molecule has 0 aliphatic heterocycles. The average Bonchev–Trinajstić information content (AvgIpc) is 2.76. The first-order chi connectivity index (χ1) is 9.11. The third-order valence-corrected chi connectivity index (χ3v) is 3.93. The predicted molar refractivity (Wildman–Crippen MR) is 75.8 cm³/mol. The lowest BCUT2D eigenvalue weighted by atomic mass is 10.2. The van der Waals surface area contributed by atoms with Crippen molar-refractivity contribution in [2.45, 2.75) is 20.4 Å². The Bertz CT molecular complexity index is 573. The summed E-state index contributed by atoms with van der Waals surface area (Å²) in [6, 6.07) is 7.62. The van der Waals surface area contributed by atoms with Crippen LogP contribution in [0.1, 0.15) is 25.9 Å². The van der Waals surface area contributed by atoms with Crippen molar-refractivity contribution in [1.82, 2.24) is 10.3 Å². The predicted octanol–water partition coefficient (Wildman–Crippen LogP) is 2.70. The molecule has 19 heavy (non-hydrogen) atoms. The summed E-state index contributed by atoms with van der Waals surface area (Å²) in [5.74, 6) is 0.626. The van der Waals surface area contributed by atoms with Gasteiger partial charge in [-0.25, -0.2) is 4.98 Å². The first kappa shape index (κ1) is 13.5. The van der Waals surface area contributed by atoms with Gasteiger partial charge >= 0.3 is 0 Å². The minimum absolute atomic E-state index is 0.146. The van der Waals surface area contributed by atoms with E-state index < -0.39 is 0 Å². The lowest BCUT2D eigenvalue weighted by Gasteiger charge is -2.08. The van der Waals surface area contributed by atoms with Gasteiger partial charge in [-0.2, -0.15) is 0 Å². The number of thiazole rings is 1. The molecule has 2 aromatic rings. The molecule has 5 heteroatoms. The van der Waals surface area contributed by atoms with Gasteiger partial charge in [0.15, 0.2) is 5.01 Å². The maximum Gasteiger partial charge on any atom is 0.280 e. The highest BCUT2D eigenvalue weighted by atomic mass is 32.1. The van der Waals surface area contributed by atoms with E-state index in [1.165, 1.54) is 11.3 Å². The van der Waals surface area contributed by atoms with Gasteiger partial charge in [0.2, 0.25) is 0 Å². The number of hydrogen-bond acceptors (Lipinski definition) is 4. The molecule has 1 N–H and O–H groups in total. The van der Waals surface area contributed by atoms with Gasteiger partial charge in [0, 0.05) is 17.0 Å². The topological polar surface area (TPSA) is 51.2 Å². The average molecular weight is 276 g/mol. The summed E-state index contributed by atoms with van der Waals surface area (Å²) in [6.45, 7) is 4.30. The molecule has 1 aromatic heterocycles. The number of ether oxygens (including phenoxy) is 1. The van der Waals surface area contributed by atoms with Crippen LogP contribution in [0.2, 0.25) is 0 Å². The molecule has 0 saturated heterocycles. The van der Waals surface area contributed by atoms with Crippen molar-refractivity contribution in [2.75, 3.05) is 7.11 Å². The van der Waals surface area contributed by atoms with Gasteiger partial charge in [-0.3, -0.25) is 4.79 Å². The molecule has 0 aliphatic carbocycles. The van der Waals surface area contributed by atoms with Gasteiger partial charge < -0.3 is 10.1 Å². The number of hydrogen-bond donors (Lipinski definition) is 1. The number of nitrogens with zero attached hydrogens (tertiary/aromatic N) is 1. The SMILES string of the molecule is COc1ccccc1CNC(=O)c1nc(C)c(C)s1. The molecule has 2 rings (SSSR count). The van der Waals surface area contributed by atoms with Gasteiger partial charge in [-0.05, 0) is 19.9 Å². The molecule has 0 radical (unpaired) electrons. The summed E-state index contributed by atoms with van der Waals surface area (Å²) in [6.07, 6.45) is 0. The number of carbonyl (C=O) groups is 1. The summed E-state index contributed by atoms with van der Waals surface area (Å²) in [7, 11) is 1.62. The van der Waals surface area contributed by atoms with Crippen molar-refractivity contribution < 1.29 is 9.53 Å². The maximum absolute atomic E-state index is 12.0. The molecule has 1 heterocycles. The molecule has 0 atom stereocenters. The summed E-state index contributed by atoms with van der Waals surface area (Å²) >= 11 is 1.41. The Kier molecular flexibility index (Phi) is 4.16. The van der Waals surface area contributed by atoms with E-state index in [0.29, 0.717) is 11.6 Å². The van der Waals surface area contributed by atoms with Crippen molar-refractivity contribution >= 4 is 17.2 Å². The summed E-state index contributed by atoms with van der Waals surface area (Å²) in [5, 5.41) is 3.36. The fraction of sp³-hybridized carbons (Fsp3) is 0.286. The van der Waals surface area contributed by atoms with Crippen LogP contribution in [0.25, 0.3) is 0 Å². The molecule has 0 bridgehead atoms. The van der Waals surface area contributed by atoms with Crippen LogP contribution in [0, 0.1) is 13.8 Å². The number of aromatic nitrogens is 1. The second-order valence-electron chi connectivity index (χ2n) is 4.16.